The van der Waals surface area contributed by atoms with Gasteiger partial charge in [0.15, 0.2) is 0 Å². The van der Waals surface area contributed by atoms with Crippen molar-refractivity contribution in [2.24, 2.45) is 0 Å². The highest BCUT2D eigenvalue weighted by Gasteiger charge is 2.17. The summed E-state index contributed by atoms with van der Waals surface area (Å²) >= 11 is 12.1. The summed E-state index contributed by atoms with van der Waals surface area (Å²) in [5.41, 5.74) is 1.66. The summed E-state index contributed by atoms with van der Waals surface area (Å²) < 4.78 is 52.8. The summed E-state index contributed by atoms with van der Waals surface area (Å²) in [7, 11) is -7.39. The largest absolute Gasteiger partial charge is 0.322 e. The molecule has 0 atom stereocenters. The minimum absolute atomic E-state index is 0.000814. The molecule has 0 radical (unpaired) electrons. The molecule has 8 nitrogen and oxygen atoms in total. The molecule has 0 spiro atoms. The molecule has 0 aromatic heterocycles. The Hall–Kier alpha value is -2.79. The molecule has 3 aromatic carbocycles. The summed E-state index contributed by atoms with van der Waals surface area (Å²) in [6.45, 7) is 1.70. The van der Waals surface area contributed by atoms with Gasteiger partial charge in [-0.25, -0.2) is 16.8 Å². The van der Waals surface area contributed by atoms with Crippen molar-refractivity contribution in [2.75, 3.05) is 21.0 Å². The number of nitrogens with one attached hydrogen (secondary N) is 3. The van der Waals surface area contributed by atoms with Crippen LogP contribution in [0.5, 0.6) is 0 Å². The molecule has 0 saturated carbocycles. The van der Waals surface area contributed by atoms with E-state index in [1.807, 2.05) is 0 Å². The molecule has 0 aliphatic carbocycles. The highest BCUT2D eigenvalue weighted by atomic mass is 35.5. The zero-order valence-electron chi connectivity index (χ0n) is 17.4. The van der Waals surface area contributed by atoms with Gasteiger partial charge in [-0.3, -0.25) is 14.2 Å². The third kappa shape index (κ3) is 6.38. The number of carbonyl (C=O) groups is 1. The van der Waals surface area contributed by atoms with E-state index in [-0.39, 0.29) is 21.2 Å². The second-order valence-corrected chi connectivity index (χ2v) is 11.3. The minimum atomic E-state index is -3.87. The van der Waals surface area contributed by atoms with Crippen molar-refractivity contribution >= 4 is 66.2 Å². The Kier molecular flexibility index (Phi) is 7.23. The summed E-state index contributed by atoms with van der Waals surface area (Å²) in [4.78, 5) is 12.5. The fraction of sp³-hybridized carbons (Fsp3) is 0.0952. The van der Waals surface area contributed by atoms with Gasteiger partial charge in [0.05, 0.1) is 27.5 Å². The van der Waals surface area contributed by atoms with Gasteiger partial charge in [-0.2, -0.15) is 0 Å². The fourth-order valence-corrected chi connectivity index (χ4v) is 4.94. The van der Waals surface area contributed by atoms with Crippen LogP contribution in [-0.4, -0.2) is 29.0 Å². The first-order valence-corrected chi connectivity index (χ1v) is 13.5. The lowest BCUT2D eigenvalue weighted by molar-refractivity contribution is 0.102. The van der Waals surface area contributed by atoms with Crippen LogP contribution in [0.2, 0.25) is 10.0 Å². The number of benzene rings is 3. The summed E-state index contributed by atoms with van der Waals surface area (Å²) in [6, 6.07) is 14.6. The van der Waals surface area contributed by atoms with Crippen LogP contribution in [0.3, 0.4) is 0 Å². The number of sulfonamides is 2. The zero-order chi connectivity index (χ0) is 24.4. The lowest BCUT2D eigenvalue weighted by Gasteiger charge is -2.12. The van der Waals surface area contributed by atoms with E-state index in [4.69, 9.17) is 23.2 Å². The Morgan fingerprint density at radius 2 is 1.48 bits per heavy atom. The van der Waals surface area contributed by atoms with Crippen LogP contribution in [0.1, 0.15) is 15.9 Å². The second kappa shape index (κ2) is 9.60. The van der Waals surface area contributed by atoms with Crippen molar-refractivity contribution in [3.8, 4) is 0 Å². The van der Waals surface area contributed by atoms with E-state index in [1.54, 1.807) is 25.1 Å². The average molecular weight is 528 g/mol. The number of anilines is 3. The van der Waals surface area contributed by atoms with Gasteiger partial charge in [0.2, 0.25) is 10.0 Å². The molecule has 0 aliphatic rings. The van der Waals surface area contributed by atoms with Gasteiger partial charge in [-0.1, -0.05) is 29.3 Å². The summed E-state index contributed by atoms with van der Waals surface area (Å²) in [6.07, 6.45) is 0.986. The van der Waals surface area contributed by atoms with Gasteiger partial charge in [-0.15, -0.1) is 0 Å². The van der Waals surface area contributed by atoms with E-state index in [0.29, 0.717) is 22.0 Å². The monoisotopic (exact) mass is 527 g/mol. The number of halogens is 2. The van der Waals surface area contributed by atoms with Crippen molar-refractivity contribution in [1.82, 2.24) is 0 Å². The summed E-state index contributed by atoms with van der Waals surface area (Å²) in [5.74, 6) is -0.508. The first kappa shape index (κ1) is 24.8. The average Bonchev–Trinajstić information content (AvgIpc) is 2.72. The van der Waals surface area contributed by atoms with Crippen molar-refractivity contribution in [2.45, 2.75) is 11.8 Å². The Morgan fingerprint density at radius 3 is 2.09 bits per heavy atom. The van der Waals surface area contributed by atoms with Crippen LogP contribution >= 0.6 is 23.2 Å². The molecule has 0 saturated heterocycles. The molecular weight excluding hydrogens is 509 g/mol. The zero-order valence-corrected chi connectivity index (χ0v) is 20.5. The van der Waals surface area contributed by atoms with E-state index >= 15 is 0 Å². The lowest BCUT2D eigenvalue weighted by Crippen LogP contribution is -2.15. The molecule has 174 valence electrons. The first-order chi connectivity index (χ1) is 15.4. The number of amides is 1. The van der Waals surface area contributed by atoms with Crippen LogP contribution in [0.4, 0.5) is 17.1 Å². The standard InChI is InChI=1S/C21H19Cl2N3O5S2/c1-13-17(22)4-3-5-19(13)26-33(30,31)16-9-7-15(8-10-16)24-21(27)14-6-11-20(18(23)12-14)25-32(2,28)29/h3-12,25-26H,1-2H3,(H,24,27). The third-order valence-corrected chi connectivity index (χ3v) is 7.16. The lowest BCUT2D eigenvalue weighted by atomic mass is 10.2. The Morgan fingerprint density at radius 1 is 0.818 bits per heavy atom. The van der Waals surface area contributed by atoms with E-state index in [0.717, 1.165) is 6.26 Å². The quantitative estimate of drug-likeness (QED) is 0.410. The van der Waals surface area contributed by atoms with Crippen LogP contribution < -0.4 is 14.8 Å². The Bertz CT molecular complexity index is 1420. The molecule has 1 amide bonds. The molecule has 3 rings (SSSR count). The van der Waals surface area contributed by atoms with Gasteiger partial charge in [0.25, 0.3) is 15.9 Å². The molecule has 0 heterocycles. The molecule has 12 heteroatoms. The van der Waals surface area contributed by atoms with Crippen molar-refractivity contribution in [3.63, 3.8) is 0 Å². The highest BCUT2D eigenvalue weighted by Crippen LogP contribution is 2.27. The van der Waals surface area contributed by atoms with Crippen LogP contribution in [0, 0.1) is 6.92 Å². The highest BCUT2D eigenvalue weighted by molar-refractivity contribution is 7.92. The van der Waals surface area contributed by atoms with E-state index in [2.05, 4.69) is 14.8 Å². The number of carbonyl (C=O) groups excluding carboxylic acids is 1. The van der Waals surface area contributed by atoms with E-state index < -0.39 is 26.0 Å². The molecule has 0 unspecified atom stereocenters. The molecule has 33 heavy (non-hydrogen) atoms. The SMILES string of the molecule is Cc1c(Cl)cccc1NS(=O)(=O)c1ccc(NC(=O)c2ccc(NS(C)(=O)=O)c(Cl)c2)cc1. The van der Waals surface area contributed by atoms with Crippen molar-refractivity contribution in [3.05, 3.63) is 81.8 Å². The van der Waals surface area contributed by atoms with E-state index in [1.165, 1.54) is 42.5 Å². The third-order valence-electron chi connectivity index (χ3n) is 4.46. The number of hydrogen-bond donors (Lipinski definition) is 3. The van der Waals surface area contributed by atoms with Gasteiger partial charge < -0.3 is 5.32 Å². The minimum Gasteiger partial charge on any atom is -0.322 e. The van der Waals surface area contributed by atoms with Crippen LogP contribution in [0.25, 0.3) is 0 Å². The van der Waals surface area contributed by atoms with Gasteiger partial charge in [0, 0.05) is 16.3 Å². The number of hydrogen-bond acceptors (Lipinski definition) is 5. The fourth-order valence-electron chi connectivity index (χ4n) is 2.78. The van der Waals surface area contributed by atoms with Crippen LogP contribution in [0.15, 0.2) is 65.6 Å². The molecular formula is C21H19Cl2N3O5S2. The smallest absolute Gasteiger partial charge is 0.261 e. The maximum atomic E-state index is 12.7. The second-order valence-electron chi connectivity index (χ2n) is 7.07. The normalized spacial score (nSPS) is 11.6. The summed E-state index contributed by atoms with van der Waals surface area (Å²) in [5, 5.41) is 3.12. The predicted octanol–water partition coefficient (Wildman–Crippen LogP) is 4.73. The van der Waals surface area contributed by atoms with Crippen molar-refractivity contribution < 1.29 is 21.6 Å². The Balaban J connectivity index is 1.73. The maximum absolute atomic E-state index is 12.7. The van der Waals surface area contributed by atoms with E-state index in [9.17, 15) is 21.6 Å². The van der Waals surface area contributed by atoms with Gasteiger partial charge >= 0.3 is 0 Å². The molecule has 0 bridgehead atoms. The van der Waals surface area contributed by atoms with Crippen molar-refractivity contribution in [1.29, 1.82) is 0 Å². The topological polar surface area (TPSA) is 121 Å². The van der Waals surface area contributed by atoms with Gasteiger partial charge in [-0.05, 0) is 67.1 Å². The van der Waals surface area contributed by atoms with Gasteiger partial charge in [0.1, 0.15) is 0 Å². The molecule has 3 N–H and O–H groups in total. The number of rotatable bonds is 7. The molecule has 0 aliphatic heterocycles. The first-order valence-electron chi connectivity index (χ1n) is 9.32. The Labute approximate surface area is 202 Å². The van der Waals surface area contributed by atoms with Crippen LogP contribution in [-0.2, 0) is 20.0 Å². The molecule has 3 aromatic rings. The predicted molar refractivity (Wildman–Crippen MR) is 131 cm³/mol. The maximum Gasteiger partial charge on any atom is 0.261 e. The molecule has 0 fully saturated rings.